The lowest BCUT2D eigenvalue weighted by Gasteiger charge is -2.18. The van der Waals surface area contributed by atoms with E-state index in [1.54, 1.807) is 11.8 Å². The van der Waals surface area contributed by atoms with Gasteiger partial charge in [-0.15, -0.1) is 12.4 Å². The highest BCUT2D eigenvalue weighted by atomic mass is 35.5. The van der Waals surface area contributed by atoms with Gasteiger partial charge in [0.2, 0.25) is 5.91 Å². The fourth-order valence-corrected chi connectivity index (χ4v) is 2.90. The first-order valence-corrected chi connectivity index (χ1v) is 8.63. The summed E-state index contributed by atoms with van der Waals surface area (Å²) in [6.07, 6.45) is 4.95. The van der Waals surface area contributed by atoms with Crippen molar-refractivity contribution in [3.63, 3.8) is 0 Å². The van der Waals surface area contributed by atoms with Crippen molar-refractivity contribution >= 4 is 41.7 Å². The summed E-state index contributed by atoms with van der Waals surface area (Å²) < 4.78 is 0. The van der Waals surface area contributed by atoms with Gasteiger partial charge in [0.1, 0.15) is 0 Å². The van der Waals surface area contributed by atoms with Crippen LogP contribution in [0.15, 0.2) is 24.3 Å². The van der Waals surface area contributed by atoms with Gasteiger partial charge < -0.3 is 11.1 Å². The smallest absolute Gasteiger partial charge is 0.236 e. The van der Waals surface area contributed by atoms with Crippen molar-refractivity contribution < 1.29 is 4.79 Å². The topological polar surface area (TPSA) is 55.1 Å². The highest BCUT2D eigenvalue weighted by Crippen LogP contribution is 2.47. The van der Waals surface area contributed by atoms with Crippen molar-refractivity contribution in [1.29, 1.82) is 0 Å². The number of benzene rings is 1. The quantitative estimate of drug-likeness (QED) is 0.796. The van der Waals surface area contributed by atoms with Crippen molar-refractivity contribution in [2.24, 2.45) is 5.73 Å². The molecule has 0 unspecified atom stereocenters. The molecule has 0 heterocycles. The van der Waals surface area contributed by atoms with Crippen molar-refractivity contribution in [3.8, 4) is 0 Å². The van der Waals surface area contributed by atoms with Crippen molar-refractivity contribution in [3.05, 3.63) is 34.9 Å². The first-order chi connectivity index (χ1) is 9.57. The maximum absolute atomic E-state index is 11.9. The highest BCUT2D eigenvalue weighted by molar-refractivity contribution is 7.98. The minimum atomic E-state index is -0.400. The minimum absolute atomic E-state index is 0. The van der Waals surface area contributed by atoms with E-state index in [-0.39, 0.29) is 23.7 Å². The molecule has 1 aliphatic rings. The molecule has 1 aromatic rings. The van der Waals surface area contributed by atoms with Gasteiger partial charge in [-0.1, -0.05) is 23.7 Å². The van der Waals surface area contributed by atoms with Gasteiger partial charge >= 0.3 is 0 Å². The zero-order valence-electron chi connectivity index (χ0n) is 12.1. The molecule has 21 heavy (non-hydrogen) atoms. The van der Waals surface area contributed by atoms with Crippen LogP contribution in [-0.4, -0.2) is 30.5 Å². The minimum Gasteiger partial charge on any atom is -0.354 e. The standard InChI is InChI=1S/C15H21ClN2OS.ClH/c1-20-9-6-13(17)14(19)18-10-15(7-8-15)11-2-4-12(16)5-3-11;/h2-5,13H,6-10,17H2,1H3,(H,18,19);1H/t13-;/m0./s1. The molecule has 0 spiro atoms. The van der Waals surface area contributed by atoms with E-state index in [4.69, 9.17) is 17.3 Å². The lowest BCUT2D eigenvalue weighted by atomic mass is 9.96. The number of amides is 1. The number of nitrogens with two attached hydrogens (primary N) is 1. The predicted molar refractivity (Wildman–Crippen MR) is 93.6 cm³/mol. The third-order valence-electron chi connectivity index (χ3n) is 3.88. The van der Waals surface area contributed by atoms with Crippen LogP contribution in [0.3, 0.4) is 0 Å². The van der Waals surface area contributed by atoms with Crippen LogP contribution >= 0.6 is 35.8 Å². The van der Waals surface area contributed by atoms with Crippen molar-refractivity contribution in [2.45, 2.75) is 30.7 Å². The molecular formula is C15H22Cl2N2OS. The van der Waals surface area contributed by atoms with E-state index in [0.29, 0.717) is 6.54 Å². The summed E-state index contributed by atoms with van der Waals surface area (Å²) in [6, 6.07) is 7.51. The molecule has 1 saturated carbocycles. The summed E-state index contributed by atoms with van der Waals surface area (Å²) >= 11 is 7.62. The largest absolute Gasteiger partial charge is 0.354 e. The van der Waals surface area contributed by atoms with Gasteiger partial charge in [-0.2, -0.15) is 11.8 Å². The molecule has 3 nitrogen and oxygen atoms in total. The number of carbonyl (C=O) groups excluding carboxylic acids is 1. The van der Waals surface area contributed by atoms with E-state index in [9.17, 15) is 4.79 Å². The molecule has 1 aromatic carbocycles. The number of thioether (sulfide) groups is 1. The number of carbonyl (C=O) groups is 1. The second kappa shape index (κ2) is 8.28. The second-order valence-electron chi connectivity index (χ2n) is 5.39. The Morgan fingerprint density at radius 2 is 2.05 bits per heavy atom. The summed E-state index contributed by atoms with van der Waals surface area (Å²) in [5.41, 5.74) is 7.22. The Hall–Kier alpha value is -0.420. The maximum atomic E-state index is 11.9. The maximum Gasteiger partial charge on any atom is 0.236 e. The van der Waals surface area contributed by atoms with Crippen LogP contribution in [-0.2, 0) is 10.2 Å². The van der Waals surface area contributed by atoms with E-state index in [1.165, 1.54) is 5.56 Å². The monoisotopic (exact) mass is 348 g/mol. The molecule has 6 heteroatoms. The van der Waals surface area contributed by atoms with Crippen LogP contribution in [0, 0.1) is 0 Å². The first-order valence-electron chi connectivity index (χ1n) is 6.86. The summed E-state index contributed by atoms with van der Waals surface area (Å²) in [5.74, 6) is 0.871. The average Bonchev–Trinajstić information content (AvgIpc) is 3.24. The lowest BCUT2D eigenvalue weighted by Crippen LogP contribution is -2.43. The SMILES string of the molecule is CSCC[C@H](N)C(=O)NCC1(c2ccc(Cl)cc2)CC1.Cl. The van der Waals surface area contributed by atoms with Crippen LogP contribution < -0.4 is 11.1 Å². The van der Waals surface area contributed by atoms with Crippen LogP contribution in [0.4, 0.5) is 0 Å². The van der Waals surface area contributed by atoms with Gasteiger partial charge in [-0.25, -0.2) is 0 Å². The van der Waals surface area contributed by atoms with Gasteiger partial charge in [0.25, 0.3) is 0 Å². The molecule has 3 N–H and O–H groups in total. The highest BCUT2D eigenvalue weighted by Gasteiger charge is 2.44. The Bertz CT molecular complexity index is 463. The molecule has 0 aromatic heterocycles. The predicted octanol–water partition coefficient (Wildman–Crippen LogP) is 2.99. The molecule has 1 atom stereocenters. The molecular weight excluding hydrogens is 327 g/mol. The lowest BCUT2D eigenvalue weighted by molar-refractivity contribution is -0.122. The zero-order valence-corrected chi connectivity index (χ0v) is 14.5. The Kier molecular flexibility index (Phi) is 7.34. The molecule has 0 radical (unpaired) electrons. The molecule has 0 aliphatic heterocycles. The summed E-state index contributed by atoms with van der Waals surface area (Å²) in [4.78, 5) is 11.9. The van der Waals surface area contributed by atoms with Crippen LogP contribution in [0.1, 0.15) is 24.8 Å². The third-order valence-corrected chi connectivity index (χ3v) is 4.78. The Balaban J connectivity index is 0.00000220. The van der Waals surface area contributed by atoms with Crippen LogP contribution in [0.5, 0.6) is 0 Å². The average molecular weight is 349 g/mol. The fraction of sp³-hybridized carbons (Fsp3) is 0.533. The molecule has 0 saturated heterocycles. The zero-order chi connectivity index (χ0) is 14.6. The number of hydrogen-bond acceptors (Lipinski definition) is 3. The number of nitrogens with one attached hydrogen (secondary N) is 1. The van der Waals surface area contributed by atoms with E-state index < -0.39 is 6.04 Å². The Morgan fingerprint density at radius 3 is 2.57 bits per heavy atom. The second-order valence-corrected chi connectivity index (χ2v) is 6.82. The van der Waals surface area contributed by atoms with Gasteiger partial charge in [0.15, 0.2) is 0 Å². The first kappa shape index (κ1) is 18.6. The van der Waals surface area contributed by atoms with Gasteiger partial charge in [-0.05, 0) is 49.0 Å². The molecule has 118 valence electrons. The van der Waals surface area contributed by atoms with Crippen molar-refractivity contribution in [1.82, 2.24) is 5.32 Å². The number of halogens is 2. The van der Waals surface area contributed by atoms with Crippen molar-refractivity contribution in [2.75, 3.05) is 18.6 Å². The normalized spacial score (nSPS) is 16.7. The fourth-order valence-electron chi connectivity index (χ4n) is 2.29. The number of rotatable bonds is 7. The number of hydrogen-bond donors (Lipinski definition) is 2. The molecule has 1 amide bonds. The molecule has 0 bridgehead atoms. The molecule has 2 rings (SSSR count). The van der Waals surface area contributed by atoms with Gasteiger partial charge in [-0.3, -0.25) is 4.79 Å². The van der Waals surface area contributed by atoms with E-state index in [0.717, 1.165) is 30.0 Å². The Labute approximate surface area is 141 Å². The summed E-state index contributed by atoms with van der Waals surface area (Å²) in [5, 5.41) is 3.74. The van der Waals surface area contributed by atoms with E-state index >= 15 is 0 Å². The van der Waals surface area contributed by atoms with Crippen LogP contribution in [0.2, 0.25) is 5.02 Å². The van der Waals surface area contributed by atoms with E-state index in [1.807, 2.05) is 18.4 Å². The molecule has 1 aliphatic carbocycles. The summed E-state index contributed by atoms with van der Waals surface area (Å²) in [6.45, 7) is 0.667. The van der Waals surface area contributed by atoms with Gasteiger partial charge in [0, 0.05) is 17.0 Å². The molecule has 1 fully saturated rings. The van der Waals surface area contributed by atoms with E-state index in [2.05, 4.69) is 17.4 Å². The third kappa shape index (κ3) is 5.06. The Morgan fingerprint density at radius 1 is 1.43 bits per heavy atom. The van der Waals surface area contributed by atoms with Crippen LogP contribution in [0.25, 0.3) is 0 Å². The van der Waals surface area contributed by atoms with Gasteiger partial charge in [0.05, 0.1) is 6.04 Å². The summed E-state index contributed by atoms with van der Waals surface area (Å²) in [7, 11) is 0.